The van der Waals surface area contributed by atoms with E-state index in [0.29, 0.717) is 0 Å². The van der Waals surface area contributed by atoms with E-state index in [1.54, 1.807) is 12.7 Å². The van der Waals surface area contributed by atoms with Crippen molar-refractivity contribution < 1.29 is 0 Å². The van der Waals surface area contributed by atoms with Gasteiger partial charge in [0.2, 0.25) is 0 Å². The van der Waals surface area contributed by atoms with Gasteiger partial charge in [0.1, 0.15) is 12.2 Å². The van der Waals surface area contributed by atoms with E-state index >= 15 is 0 Å². The van der Waals surface area contributed by atoms with Crippen molar-refractivity contribution in [2.45, 2.75) is 116 Å². The minimum Gasteiger partial charge on any atom is -0.332 e. The van der Waals surface area contributed by atoms with E-state index in [0.717, 1.165) is 24.6 Å². The number of aliphatic imine (C=N–C) groups is 4. The molecule has 2 heterocycles. The summed E-state index contributed by atoms with van der Waals surface area (Å²) in [7, 11) is 0. The van der Waals surface area contributed by atoms with Crippen LogP contribution in [0.3, 0.4) is 0 Å². The molecule has 1 atom stereocenters. The van der Waals surface area contributed by atoms with Crippen LogP contribution in [-0.4, -0.2) is 36.9 Å². The zero-order chi connectivity index (χ0) is 19.7. The number of hydrogen-bond acceptors (Lipinski definition) is 4. The van der Waals surface area contributed by atoms with Crippen LogP contribution in [0.15, 0.2) is 20.0 Å². The summed E-state index contributed by atoms with van der Waals surface area (Å²) in [6, 6.07) is -0.0916. The Balaban J connectivity index is 1.32. The third-order valence-electron chi connectivity index (χ3n) is 5.61. The molecule has 1 unspecified atom stereocenters. The van der Waals surface area contributed by atoms with E-state index in [1.807, 2.05) is 0 Å². The molecule has 158 valence electrons. The normalized spacial score (nSPS) is 19.1. The third-order valence-corrected chi connectivity index (χ3v) is 5.61. The first-order chi connectivity index (χ1) is 13.9. The van der Waals surface area contributed by atoms with Gasteiger partial charge in [-0.05, 0) is 6.42 Å². The van der Waals surface area contributed by atoms with Gasteiger partial charge in [0.15, 0.2) is 11.9 Å². The maximum atomic E-state index is 4.61. The molecule has 1 N–H and O–H groups in total. The molecular formula is C23H41N5. The first-order valence-corrected chi connectivity index (χ1v) is 11.8. The molecular weight excluding hydrogens is 346 g/mol. The fourth-order valence-corrected chi connectivity index (χ4v) is 3.82. The Kier molecular flexibility index (Phi) is 12.5. The van der Waals surface area contributed by atoms with E-state index in [1.165, 1.54) is 96.3 Å². The lowest BCUT2D eigenvalue weighted by Crippen LogP contribution is -2.40. The highest BCUT2D eigenvalue weighted by molar-refractivity contribution is 6.21. The van der Waals surface area contributed by atoms with E-state index in [-0.39, 0.29) is 6.04 Å². The number of nitrogens with one attached hydrogen (secondary N) is 1. The average molecular weight is 388 g/mol. The predicted molar refractivity (Wildman–Crippen MR) is 123 cm³/mol. The lowest BCUT2D eigenvalue weighted by molar-refractivity contribution is 0.530. The minimum absolute atomic E-state index is 0.0916. The van der Waals surface area contributed by atoms with E-state index in [4.69, 9.17) is 0 Å². The monoisotopic (exact) mass is 387 g/mol. The molecule has 2 rings (SSSR count). The lowest BCUT2D eigenvalue weighted by atomic mass is 10.0. The van der Waals surface area contributed by atoms with Crippen LogP contribution in [0.4, 0.5) is 0 Å². The van der Waals surface area contributed by atoms with Gasteiger partial charge in [-0.2, -0.15) is 0 Å². The number of fused-ring (bicyclic) bond motifs is 1. The first-order valence-electron chi connectivity index (χ1n) is 11.8. The molecule has 0 saturated heterocycles. The largest absolute Gasteiger partial charge is 0.332 e. The fraction of sp³-hybridized carbons (Fsp3) is 0.826. The standard InChI is InChI=1S/C23H41N5/c1-2-3-4-5-6-7-8-9-10-11-12-13-14-15-16-17-18-24-22-21-23(26-19-25-21)28-20-27-22/h19-21H,2-18H2,1H3,(H,24,25,26,27,28). The Labute approximate surface area is 172 Å². The topological polar surface area (TPSA) is 61.5 Å². The molecule has 28 heavy (non-hydrogen) atoms. The van der Waals surface area contributed by atoms with Crippen molar-refractivity contribution in [2.75, 3.05) is 6.54 Å². The van der Waals surface area contributed by atoms with Crippen LogP contribution in [0.25, 0.3) is 0 Å². The zero-order valence-electron chi connectivity index (χ0n) is 18.0. The van der Waals surface area contributed by atoms with Crippen molar-refractivity contribution in [3.05, 3.63) is 0 Å². The fourth-order valence-electron chi connectivity index (χ4n) is 3.82. The van der Waals surface area contributed by atoms with E-state index in [2.05, 4.69) is 32.2 Å². The molecule has 0 aliphatic carbocycles. The van der Waals surface area contributed by atoms with Crippen LogP contribution >= 0.6 is 0 Å². The number of nitrogens with zero attached hydrogens (tertiary/aromatic N) is 4. The molecule has 2 aliphatic heterocycles. The minimum atomic E-state index is -0.0916. The SMILES string of the molecule is CCCCCCCCCCCCCCCCCCN=C1N=CNC2=NC=NC12. The van der Waals surface area contributed by atoms with Crippen molar-refractivity contribution in [3.8, 4) is 0 Å². The van der Waals surface area contributed by atoms with Crippen molar-refractivity contribution in [1.82, 2.24) is 5.32 Å². The van der Waals surface area contributed by atoms with Crippen molar-refractivity contribution in [3.63, 3.8) is 0 Å². The van der Waals surface area contributed by atoms with Crippen LogP contribution in [-0.2, 0) is 0 Å². The second kappa shape index (κ2) is 15.4. The molecule has 0 amide bonds. The highest BCUT2D eigenvalue weighted by Crippen LogP contribution is 2.14. The number of amidine groups is 2. The quantitative estimate of drug-likeness (QED) is 0.302. The van der Waals surface area contributed by atoms with Crippen molar-refractivity contribution in [2.24, 2.45) is 20.0 Å². The molecule has 0 radical (unpaired) electrons. The Bertz CT molecular complexity index is 521. The molecule has 0 saturated carbocycles. The van der Waals surface area contributed by atoms with Gasteiger partial charge in [-0.15, -0.1) is 0 Å². The first kappa shape index (κ1) is 22.8. The van der Waals surface area contributed by atoms with E-state index < -0.39 is 0 Å². The maximum absolute atomic E-state index is 4.61. The van der Waals surface area contributed by atoms with Gasteiger partial charge in [-0.3, -0.25) is 9.98 Å². The highest BCUT2D eigenvalue weighted by Gasteiger charge is 2.25. The second-order valence-corrected chi connectivity index (χ2v) is 8.13. The number of unbranched alkanes of at least 4 members (excludes halogenated alkanes) is 15. The summed E-state index contributed by atoms with van der Waals surface area (Å²) in [6.07, 6.45) is 25.6. The van der Waals surface area contributed by atoms with E-state index in [9.17, 15) is 0 Å². The summed E-state index contributed by atoms with van der Waals surface area (Å²) >= 11 is 0. The van der Waals surface area contributed by atoms with Crippen LogP contribution in [0.1, 0.15) is 110 Å². The molecule has 5 nitrogen and oxygen atoms in total. The average Bonchev–Trinajstić information content (AvgIpc) is 3.20. The summed E-state index contributed by atoms with van der Waals surface area (Å²) in [5.74, 6) is 1.65. The zero-order valence-corrected chi connectivity index (χ0v) is 18.0. The van der Waals surface area contributed by atoms with Crippen molar-refractivity contribution >= 4 is 24.3 Å². The van der Waals surface area contributed by atoms with Gasteiger partial charge in [-0.1, -0.05) is 103 Å². The highest BCUT2D eigenvalue weighted by atomic mass is 15.2. The summed E-state index contributed by atoms with van der Waals surface area (Å²) in [6.45, 7) is 3.14. The number of rotatable bonds is 17. The summed E-state index contributed by atoms with van der Waals surface area (Å²) in [4.78, 5) is 17.4. The smallest absolute Gasteiger partial charge is 0.168 e. The molecule has 0 aromatic heterocycles. The molecule has 0 bridgehead atoms. The molecule has 0 spiro atoms. The molecule has 0 fully saturated rings. The van der Waals surface area contributed by atoms with Gasteiger partial charge >= 0.3 is 0 Å². The second-order valence-electron chi connectivity index (χ2n) is 8.13. The van der Waals surface area contributed by atoms with Crippen LogP contribution in [0, 0.1) is 0 Å². The Morgan fingerprint density at radius 2 is 1.32 bits per heavy atom. The lowest BCUT2D eigenvalue weighted by Gasteiger charge is -2.14. The summed E-state index contributed by atoms with van der Waals surface area (Å²) in [5.41, 5.74) is 0. The molecule has 0 aromatic rings. The van der Waals surface area contributed by atoms with Gasteiger partial charge in [-0.25, -0.2) is 9.98 Å². The summed E-state index contributed by atoms with van der Waals surface area (Å²) < 4.78 is 0. The Morgan fingerprint density at radius 1 is 0.786 bits per heavy atom. The number of hydrogen-bond donors (Lipinski definition) is 1. The van der Waals surface area contributed by atoms with Crippen LogP contribution < -0.4 is 5.32 Å². The van der Waals surface area contributed by atoms with Gasteiger partial charge in [0.25, 0.3) is 0 Å². The Hall–Kier alpha value is -1.52. The third kappa shape index (κ3) is 9.61. The van der Waals surface area contributed by atoms with Crippen LogP contribution in [0.2, 0.25) is 0 Å². The van der Waals surface area contributed by atoms with Gasteiger partial charge in [0.05, 0.1) is 6.34 Å². The van der Waals surface area contributed by atoms with Crippen molar-refractivity contribution in [1.29, 1.82) is 0 Å². The predicted octanol–water partition coefficient (Wildman–Crippen LogP) is 6.09. The van der Waals surface area contributed by atoms with Crippen LogP contribution in [0.5, 0.6) is 0 Å². The molecule has 5 heteroatoms. The summed E-state index contributed by atoms with van der Waals surface area (Å²) in [5, 5.41) is 3.02. The Morgan fingerprint density at radius 3 is 1.89 bits per heavy atom. The van der Waals surface area contributed by atoms with Gasteiger partial charge in [0, 0.05) is 6.54 Å². The van der Waals surface area contributed by atoms with Gasteiger partial charge < -0.3 is 5.32 Å². The molecule has 0 aromatic carbocycles. The molecule has 2 aliphatic rings. The maximum Gasteiger partial charge on any atom is 0.168 e.